The number of aromatic nitrogens is 2. The van der Waals surface area contributed by atoms with Crippen LogP contribution in [0.15, 0.2) is 41.7 Å². The summed E-state index contributed by atoms with van der Waals surface area (Å²) < 4.78 is 7.13. The molecule has 2 aliphatic rings. The molecule has 4 rings (SSSR count). The van der Waals surface area contributed by atoms with Gasteiger partial charge in [0.15, 0.2) is 11.7 Å². The van der Waals surface area contributed by atoms with E-state index < -0.39 is 24.5 Å². The number of hydrogen-bond acceptors (Lipinski definition) is 8. The Morgan fingerprint density at radius 2 is 1.96 bits per heavy atom. The van der Waals surface area contributed by atoms with E-state index in [0.29, 0.717) is 23.3 Å². The molecule has 9 nitrogen and oxygen atoms in total. The van der Waals surface area contributed by atoms with Gasteiger partial charge in [0.1, 0.15) is 36.2 Å². The molecule has 1 aromatic carbocycles. The fourth-order valence-corrected chi connectivity index (χ4v) is 3.68. The lowest BCUT2D eigenvalue weighted by Crippen LogP contribution is -2.47. The lowest BCUT2D eigenvalue weighted by Gasteiger charge is -2.25. The van der Waals surface area contributed by atoms with Crippen molar-refractivity contribution in [2.75, 3.05) is 19.8 Å². The van der Waals surface area contributed by atoms with Crippen LogP contribution in [0, 0.1) is 0 Å². The van der Waals surface area contributed by atoms with Crippen LogP contribution in [-0.4, -0.2) is 67.9 Å². The minimum absolute atomic E-state index is 0.383. The zero-order valence-corrected chi connectivity index (χ0v) is 15.4. The molecular formula is C19H25N5O4. The zero-order chi connectivity index (χ0) is 19.7. The Bertz CT molecular complexity index is 932. The van der Waals surface area contributed by atoms with Gasteiger partial charge in [-0.15, -0.1) is 0 Å². The molecule has 1 fully saturated rings. The van der Waals surface area contributed by atoms with Crippen molar-refractivity contribution in [3.8, 4) is 0 Å². The quantitative estimate of drug-likeness (QED) is 0.453. The van der Waals surface area contributed by atoms with Crippen LogP contribution in [0.3, 0.4) is 0 Å². The molecule has 2 aliphatic heterocycles. The van der Waals surface area contributed by atoms with Crippen LogP contribution in [-0.2, 0) is 11.2 Å². The Morgan fingerprint density at radius 1 is 1.18 bits per heavy atom. The second-order valence-electron chi connectivity index (χ2n) is 7.09. The van der Waals surface area contributed by atoms with E-state index in [1.807, 2.05) is 23.1 Å². The number of fused-ring (bicyclic) bond motifs is 1. The first kappa shape index (κ1) is 18.9. The first-order valence-electron chi connectivity index (χ1n) is 9.38. The smallest absolute Gasteiger partial charge is 0.165 e. The van der Waals surface area contributed by atoms with Crippen LogP contribution < -0.4 is 16.6 Å². The SMILES string of the molecule is NC1=c2ncn([C@@H]3O[C@H](CO)[C@@H](O)[C@H]3O)c2=NCN1CCCc1ccccc1. The van der Waals surface area contributed by atoms with E-state index in [0.717, 1.165) is 19.4 Å². The molecule has 28 heavy (non-hydrogen) atoms. The van der Waals surface area contributed by atoms with Gasteiger partial charge in [-0.1, -0.05) is 30.3 Å². The fraction of sp³-hybridized carbons (Fsp3) is 0.474. The Balaban J connectivity index is 1.50. The lowest BCUT2D eigenvalue weighted by atomic mass is 10.1. The van der Waals surface area contributed by atoms with Gasteiger partial charge in [0.2, 0.25) is 0 Å². The maximum atomic E-state index is 10.2. The van der Waals surface area contributed by atoms with Crippen LogP contribution >= 0.6 is 0 Å². The zero-order valence-electron chi connectivity index (χ0n) is 15.4. The van der Waals surface area contributed by atoms with Crippen molar-refractivity contribution < 1.29 is 20.1 Å². The summed E-state index contributed by atoms with van der Waals surface area (Å²) in [6, 6.07) is 10.3. The summed E-state index contributed by atoms with van der Waals surface area (Å²) in [6.07, 6.45) is -0.695. The van der Waals surface area contributed by atoms with Crippen LogP contribution in [0.25, 0.3) is 5.82 Å². The van der Waals surface area contributed by atoms with Crippen molar-refractivity contribution in [3.05, 3.63) is 53.1 Å². The molecule has 3 heterocycles. The predicted molar refractivity (Wildman–Crippen MR) is 99.9 cm³/mol. The third-order valence-corrected chi connectivity index (χ3v) is 5.27. The number of rotatable bonds is 6. The first-order chi connectivity index (χ1) is 13.6. The van der Waals surface area contributed by atoms with Crippen molar-refractivity contribution in [2.45, 2.75) is 37.4 Å². The molecule has 0 bridgehead atoms. The molecule has 9 heteroatoms. The molecule has 2 aromatic rings. The summed E-state index contributed by atoms with van der Waals surface area (Å²) in [5.74, 6) is 0.531. The van der Waals surface area contributed by atoms with Gasteiger partial charge in [0.05, 0.1) is 12.9 Å². The summed E-state index contributed by atoms with van der Waals surface area (Å²) >= 11 is 0. The number of hydrogen-bond donors (Lipinski definition) is 4. The summed E-state index contributed by atoms with van der Waals surface area (Å²) in [6.45, 7) is 0.755. The molecule has 0 radical (unpaired) electrons. The third kappa shape index (κ3) is 3.37. The van der Waals surface area contributed by atoms with Crippen molar-refractivity contribution in [2.24, 2.45) is 10.7 Å². The Morgan fingerprint density at radius 3 is 2.68 bits per heavy atom. The average molecular weight is 387 g/mol. The lowest BCUT2D eigenvalue weighted by molar-refractivity contribution is -0.0546. The molecule has 0 saturated carbocycles. The van der Waals surface area contributed by atoms with E-state index in [4.69, 9.17) is 10.5 Å². The van der Waals surface area contributed by atoms with Crippen LogP contribution in [0.2, 0.25) is 0 Å². The number of ether oxygens (including phenoxy) is 1. The van der Waals surface area contributed by atoms with Crippen molar-refractivity contribution in [1.82, 2.24) is 14.5 Å². The topological polar surface area (TPSA) is 129 Å². The molecule has 4 atom stereocenters. The molecular weight excluding hydrogens is 362 g/mol. The Hall–Kier alpha value is -2.46. The Labute approximate surface area is 162 Å². The number of aliphatic hydroxyl groups is 3. The van der Waals surface area contributed by atoms with Crippen LogP contribution in [0.4, 0.5) is 0 Å². The molecule has 5 N–H and O–H groups in total. The number of nitrogens with two attached hydrogens (primary N) is 1. The average Bonchev–Trinajstić information content (AvgIpc) is 3.26. The standard InChI is InChI=1S/C19H25N5O4/c20-17-14-18(22-10-23(17)8-4-7-12-5-2-1-3-6-12)24(11-21-14)19-16(27)15(26)13(9-25)28-19/h1-3,5-6,11,13,15-16,19,25-27H,4,7-10,20H2/t13-,15-,16-,19-/m1/s1. The van der Waals surface area contributed by atoms with Gasteiger partial charge in [-0.3, -0.25) is 4.57 Å². The van der Waals surface area contributed by atoms with Gasteiger partial charge in [-0.25, -0.2) is 9.98 Å². The largest absolute Gasteiger partial charge is 0.394 e. The highest BCUT2D eigenvalue weighted by molar-refractivity contribution is 5.36. The summed E-state index contributed by atoms with van der Waals surface area (Å²) in [5, 5.41) is 30.0. The molecule has 0 spiro atoms. The van der Waals surface area contributed by atoms with Crippen molar-refractivity contribution >= 4 is 5.82 Å². The van der Waals surface area contributed by atoms with Crippen molar-refractivity contribution in [3.63, 3.8) is 0 Å². The summed E-state index contributed by atoms with van der Waals surface area (Å²) in [5.41, 5.74) is 8.10. The number of aryl methyl sites for hydroxylation is 1. The number of benzene rings is 1. The highest BCUT2D eigenvalue weighted by atomic mass is 16.6. The second-order valence-corrected chi connectivity index (χ2v) is 7.09. The van der Waals surface area contributed by atoms with Gasteiger partial charge >= 0.3 is 0 Å². The van der Waals surface area contributed by atoms with Gasteiger partial charge in [-0.05, 0) is 18.4 Å². The van der Waals surface area contributed by atoms with Gasteiger partial charge < -0.3 is 30.7 Å². The summed E-state index contributed by atoms with van der Waals surface area (Å²) in [7, 11) is 0. The monoisotopic (exact) mass is 387 g/mol. The third-order valence-electron chi connectivity index (χ3n) is 5.27. The number of imidazole rings is 1. The minimum Gasteiger partial charge on any atom is -0.394 e. The van der Waals surface area contributed by atoms with E-state index in [1.54, 1.807) is 4.57 Å². The molecule has 1 aromatic heterocycles. The fourth-order valence-electron chi connectivity index (χ4n) is 3.68. The maximum Gasteiger partial charge on any atom is 0.165 e. The molecule has 0 aliphatic carbocycles. The van der Waals surface area contributed by atoms with E-state index >= 15 is 0 Å². The normalized spacial score (nSPS) is 27.0. The van der Waals surface area contributed by atoms with E-state index in [2.05, 4.69) is 22.1 Å². The highest BCUT2D eigenvalue weighted by Gasteiger charge is 2.43. The van der Waals surface area contributed by atoms with Gasteiger partial charge in [0.25, 0.3) is 0 Å². The second kappa shape index (κ2) is 7.88. The highest BCUT2D eigenvalue weighted by Crippen LogP contribution is 2.27. The number of aliphatic hydroxyl groups excluding tert-OH is 3. The van der Waals surface area contributed by atoms with E-state index in [-0.39, 0.29) is 6.61 Å². The predicted octanol–water partition coefficient (Wildman–Crippen LogP) is -1.96. The maximum absolute atomic E-state index is 10.2. The number of nitrogens with zero attached hydrogens (tertiary/aromatic N) is 4. The van der Waals surface area contributed by atoms with E-state index in [1.165, 1.54) is 11.9 Å². The summed E-state index contributed by atoms with van der Waals surface area (Å²) in [4.78, 5) is 10.9. The van der Waals surface area contributed by atoms with Crippen molar-refractivity contribution in [1.29, 1.82) is 0 Å². The van der Waals surface area contributed by atoms with Crippen LogP contribution in [0.5, 0.6) is 0 Å². The Kier molecular flexibility index (Phi) is 5.31. The minimum atomic E-state index is -1.18. The molecule has 150 valence electrons. The molecule has 0 unspecified atom stereocenters. The molecule has 0 amide bonds. The molecule has 1 saturated heterocycles. The first-order valence-corrected chi connectivity index (χ1v) is 9.38. The van der Waals surface area contributed by atoms with Gasteiger partial charge in [0, 0.05) is 6.54 Å². The van der Waals surface area contributed by atoms with Crippen LogP contribution in [0.1, 0.15) is 18.2 Å². The van der Waals surface area contributed by atoms with Gasteiger partial charge in [-0.2, -0.15) is 0 Å². The van der Waals surface area contributed by atoms with E-state index in [9.17, 15) is 15.3 Å².